The van der Waals surface area contributed by atoms with Crippen molar-refractivity contribution in [1.29, 1.82) is 0 Å². The van der Waals surface area contributed by atoms with Gasteiger partial charge < -0.3 is 29.2 Å². The van der Waals surface area contributed by atoms with E-state index in [0.29, 0.717) is 67.7 Å². The van der Waals surface area contributed by atoms with Crippen LogP contribution in [0.1, 0.15) is 40.7 Å². The van der Waals surface area contributed by atoms with Crippen LogP contribution in [0.15, 0.2) is 53.1 Å². The van der Waals surface area contributed by atoms with Gasteiger partial charge in [0.05, 0.1) is 7.11 Å². The van der Waals surface area contributed by atoms with Crippen LogP contribution in [-0.4, -0.2) is 54.1 Å². The van der Waals surface area contributed by atoms with Gasteiger partial charge in [-0.1, -0.05) is 18.2 Å². The molecule has 200 valence electrons. The molecule has 0 aliphatic carbocycles. The molecular weight excluding hydrogens is 503 g/mol. The molecule has 0 unspecified atom stereocenters. The molecule has 1 amide bonds. The highest BCUT2D eigenvalue weighted by atomic mass is 19.4. The number of hydrogen-bond donors (Lipinski definition) is 2. The summed E-state index contributed by atoms with van der Waals surface area (Å²) in [7, 11) is 1.59. The summed E-state index contributed by atoms with van der Waals surface area (Å²) >= 11 is 0. The van der Waals surface area contributed by atoms with Crippen LogP contribution >= 0.6 is 0 Å². The lowest BCUT2D eigenvalue weighted by Crippen LogP contribution is -2.34. The number of nitrogens with zero attached hydrogens (tertiary/aromatic N) is 3. The van der Waals surface area contributed by atoms with E-state index in [9.17, 15) is 18.0 Å². The number of aromatic amines is 1. The molecule has 0 atom stereocenters. The number of amides is 1. The zero-order chi connectivity index (χ0) is 26.7. The summed E-state index contributed by atoms with van der Waals surface area (Å²) in [5, 5.41) is 7.75. The quantitative estimate of drug-likeness (QED) is 0.337. The lowest BCUT2D eigenvalue weighted by atomic mass is 9.89. The van der Waals surface area contributed by atoms with Crippen molar-refractivity contribution >= 4 is 22.8 Å². The number of anilines is 1. The highest BCUT2D eigenvalue weighted by molar-refractivity contribution is 5.98. The van der Waals surface area contributed by atoms with Crippen molar-refractivity contribution in [3.63, 3.8) is 0 Å². The molecule has 5 rings (SSSR count). The topological polar surface area (TPSA) is 106 Å². The van der Waals surface area contributed by atoms with Gasteiger partial charge in [0.2, 0.25) is 5.89 Å². The predicted octanol–water partition coefficient (Wildman–Crippen LogP) is 4.81. The van der Waals surface area contributed by atoms with Gasteiger partial charge in [0.25, 0.3) is 11.9 Å². The first-order chi connectivity index (χ1) is 18.3. The van der Waals surface area contributed by atoms with Crippen molar-refractivity contribution in [3.8, 4) is 11.5 Å². The fourth-order valence-electron chi connectivity index (χ4n) is 4.64. The number of halogens is 3. The van der Waals surface area contributed by atoms with E-state index in [1.54, 1.807) is 25.3 Å². The summed E-state index contributed by atoms with van der Waals surface area (Å²) in [5.41, 5.74) is 1.81. The minimum absolute atomic E-state index is 0.0721. The number of aromatic nitrogens is 3. The second-order valence-electron chi connectivity index (χ2n) is 8.98. The van der Waals surface area contributed by atoms with E-state index in [2.05, 4.69) is 25.2 Å². The Morgan fingerprint density at radius 3 is 2.74 bits per heavy atom. The Labute approximate surface area is 215 Å². The summed E-state index contributed by atoms with van der Waals surface area (Å²) in [6.45, 7) is 1.43. The minimum atomic E-state index is -4.74. The third-order valence-electron chi connectivity index (χ3n) is 6.52. The predicted molar refractivity (Wildman–Crippen MR) is 132 cm³/mol. The molecule has 9 nitrogen and oxygen atoms in total. The number of benzene rings is 2. The maximum atomic E-state index is 12.8. The Morgan fingerprint density at radius 1 is 1.18 bits per heavy atom. The molecule has 1 aliphatic heterocycles. The molecule has 0 saturated carbocycles. The van der Waals surface area contributed by atoms with E-state index >= 15 is 0 Å². The summed E-state index contributed by atoms with van der Waals surface area (Å²) in [6.07, 6.45) is -3.14. The van der Waals surface area contributed by atoms with Gasteiger partial charge in [-0.3, -0.25) is 4.79 Å². The largest absolute Gasteiger partial charge is 0.573 e. The lowest BCUT2D eigenvalue weighted by molar-refractivity contribution is -0.275. The fourth-order valence-corrected chi connectivity index (χ4v) is 4.64. The number of fused-ring (bicyclic) bond motifs is 1. The number of para-hydroxylation sites is 1. The summed E-state index contributed by atoms with van der Waals surface area (Å²) in [5.74, 6) is 1.03. The van der Waals surface area contributed by atoms with Crippen LogP contribution in [0.4, 0.5) is 19.1 Å². The normalized spacial score (nSPS) is 14.6. The van der Waals surface area contributed by atoms with E-state index < -0.39 is 6.36 Å². The number of carbonyl (C=O) groups is 1. The van der Waals surface area contributed by atoms with E-state index in [0.717, 1.165) is 10.9 Å². The molecule has 1 aliphatic rings. The number of rotatable bonds is 8. The Kier molecular flexibility index (Phi) is 7.12. The first kappa shape index (κ1) is 25.4. The van der Waals surface area contributed by atoms with Crippen molar-refractivity contribution in [2.45, 2.75) is 31.5 Å². The van der Waals surface area contributed by atoms with Gasteiger partial charge in [0.1, 0.15) is 17.2 Å². The van der Waals surface area contributed by atoms with Gasteiger partial charge in [-0.15, -0.1) is 13.2 Å². The SMILES string of the molecule is COc1ccc2[nH]c(C(=O)NCCc3nc(N4CCC(c5ccccc5OC(F)(F)F)CC4)no3)cc2c1. The van der Waals surface area contributed by atoms with Crippen LogP contribution in [0.25, 0.3) is 10.9 Å². The first-order valence-corrected chi connectivity index (χ1v) is 12.2. The minimum Gasteiger partial charge on any atom is -0.497 e. The molecular formula is C26H26F3N5O4. The van der Waals surface area contributed by atoms with Crippen LogP contribution in [0.3, 0.4) is 0 Å². The van der Waals surface area contributed by atoms with E-state index in [1.165, 1.54) is 12.1 Å². The molecule has 1 saturated heterocycles. The fraction of sp³-hybridized carbons (Fsp3) is 0.346. The van der Waals surface area contributed by atoms with Crippen molar-refractivity contribution in [2.24, 2.45) is 0 Å². The van der Waals surface area contributed by atoms with Gasteiger partial charge in [0, 0.05) is 37.0 Å². The maximum absolute atomic E-state index is 12.8. The smallest absolute Gasteiger partial charge is 0.497 e. The number of ether oxygens (including phenoxy) is 2. The number of methoxy groups -OCH3 is 1. The monoisotopic (exact) mass is 529 g/mol. The van der Waals surface area contributed by atoms with Gasteiger partial charge in [-0.2, -0.15) is 4.98 Å². The molecule has 3 heterocycles. The van der Waals surface area contributed by atoms with E-state index in [-0.39, 0.29) is 17.6 Å². The second kappa shape index (κ2) is 10.6. The molecule has 2 N–H and O–H groups in total. The summed E-state index contributed by atoms with van der Waals surface area (Å²) < 4.78 is 53.1. The van der Waals surface area contributed by atoms with Gasteiger partial charge in [0.15, 0.2) is 0 Å². The highest BCUT2D eigenvalue weighted by Crippen LogP contribution is 2.37. The van der Waals surface area contributed by atoms with Crippen molar-refractivity contribution in [2.75, 3.05) is 31.6 Å². The second-order valence-corrected chi connectivity index (χ2v) is 8.98. The third kappa shape index (κ3) is 5.84. The van der Waals surface area contributed by atoms with Gasteiger partial charge in [-0.25, -0.2) is 0 Å². The molecule has 0 bridgehead atoms. The van der Waals surface area contributed by atoms with Gasteiger partial charge in [-0.05, 0) is 59.8 Å². The Hall–Kier alpha value is -4.22. The van der Waals surface area contributed by atoms with E-state index in [4.69, 9.17) is 9.26 Å². The third-order valence-corrected chi connectivity index (χ3v) is 6.52. The molecule has 38 heavy (non-hydrogen) atoms. The highest BCUT2D eigenvalue weighted by Gasteiger charge is 2.33. The van der Waals surface area contributed by atoms with Crippen LogP contribution in [0, 0.1) is 0 Å². The zero-order valence-corrected chi connectivity index (χ0v) is 20.5. The number of H-pyrrole nitrogens is 1. The van der Waals surface area contributed by atoms with Crippen molar-refractivity contribution < 1.29 is 32.0 Å². The number of nitrogens with one attached hydrogen (secondary N) is 2. The molecule has 4 aromatic rings. The Bertz CT molecular complexity index is 1410. The molecule has 2 aromatic carbocycles. The summed E-state index contributed by atoms with van der Waals surface area (Å²) in [6, 6.07) is 13.5. The Balaban J connectivity index is 1.12. The maximum Gasteiger partial charge on any atom is 0.573 e. The van der Waals surface area contributed by atoms with Crippen molar-refractivity contribution in [1.82, 2.24) is 20.4 Å². The van der Waals surface area contributed by atoms with Crippen LogP contribution < -0.4 is 19.7 Å². The number of hydrogen-bond acceptors (Lipinski definition) is 7. The number of piperidine rings is 1. The molecule has 0 radical (unpaired) electrons. The molecule has 2 aromatic heterocycles. The molecule has 12 heteroatoms. The zero-order valence-electron chi connectivity index (χ0n) is 20.5. The number of alkyl halides is 3. The summed E-state index contributed by atoms with van der Waals surface area (Å²) in [4.78, 5) is 22.0. The molecule has 0 spiro atoms. The van der Waals surface area contributed by atoms with E-state index in [1.807, 2.05) is 23.1 Å². The van der Waals surface area contributed by atoms with Crippen molar-refractivity contribution in [3.05, 3.63) is 65.7 Å². The average molecular weight is 530 g/mol. The van der Waals surface area contributed by atoms with Crippen LogP contribution in [-0.2, 0) is 6.42 Å². The lowest BCUT2D eigenvalue weighted by Gasteiger charge is -2.31. The van der Waals surface area contributed by atoms with Crippen LogP contribution in [0.2, 0.25) is 0 Å². The number of carbonyl (C=O) groups excluding carboxylic acids is 1. The standard InChI is InChI=1S/C26H26F3N5O4/c1-36-18-6-7-20-17(14-18)15-21(31-20)24(35)30-11-8-23-32-25(33-38-23)34-12-9-16(10-13-34)19-4-2-3-5-22(19)37-26(27,28)29/h2-7,14-16,31H,8-13H2,1H3,(H,30,35). The Morgan fingerprint density at radius 2 is 1.97 bits per heavy atom. The van der Waals surface area contributed by atoms with Gasteiger partial charge >= 0.3 is 6.36 Å². The average Bonchev–Trinajstić information content (AvgIpc) is 3.55. The first-order valence-electron chi connectivity index (χ1n) is 12.2. The molecule has 1 fully saturated rings. The van der Waals surface area contributed by atoms with Crippen LogP contribution in [0.5, 0.6) is 11.5 Å².